The Labute approximate surface area is 191 Å². The van der Waals surface area contributed by atoms with E-state index < -0.39 is 0 Å². The topological polar surface area (TPSA) is 75.9 Å². The second kappa shape index (κ2) is 8.84. The maximum absolute atomic E-state index is 13.5. The molecule has 1 saturated heterocycles. The number of halogens is 1. The summed E-state index contributed by atoms with van der Waals surface area (Å²) in [6.07, 6.45) is 5.69. The van der Waals surface area contributed by atoms with Gasteiger partial charge in [-0.15, -0.1) is 0 Å². The molecule has 32 heavy (non-hydrogen) atoms. The van der Waals surface area contributed by atoms with Crippen LogP contribution in [-0.2, 0) is 6.54 Å². The summed E-state index contributed by atoms with van der Waals surface area (Å²) in [4.78, 5) is 29.1. The van der Waals surface area contributed by atoms with Gasteiger partial charge in [0.2, 0.25) is 0 Å². The summed E-state index contributed by atoms with van der Waals surface area (Å²) in [5, 5.41) is 5.35. The standard InChI is InChI=1S/C24H25ClN6O/c1-16(29-23-22-19(27-15-28-23)8-5-9-26-22)20-14-17-6-4-7-18(25)21(17)24(32)31(20)13-12-30-10-2-3-11-30/h4-9,14-16H,2-3,10-13H2,1H3,(H,27,28,29). The SMILES string of the molecule is CC(Nc1ncnc2cccnc12)c1cc2cccc(Cl)c2c(=O)n1CCN1CCCC1. The first-order valence-corrected chi connectivity index (χ1v) is 11.4. The number of nitrogens with one attached hydrogen (secondary N) is 1. The summed E-state index contributed by atoms with van der Waals surface area (Å²) in [7, 11) is 0. The molecular formula is C24H25ClN6O. The molecule has 1 aliphatic rings. The number of likely N-dealkylation sites (tertiary alicyclic amines) is 1. The van der Waals surface area contributed by atoms with E-state index in [-0.39, 0.29) is 11.6 Å². The molecule has 4 heterocycles. The first kappa shape index (κ1) is 20.8. The van der Waals surface area contributed by atoms with Crippen LogP contribution in [0.25, 0.3) is 21.8 Å². The molecule has 1 atom stereocenters. The molecule has 0 bridgehead atoms. The number of fused-ring (bicyclic) bond motifs is 2. The minimum absolute atomic E-state index is 0.0541. The van der Waals surface area contributed by atoms with Gasteiger partial charge in [0.05, 0.1) is 22.0 Å². The maximum atomic E-state index is 13.5. The van der Waals surface area contributed by atoms with Crippen LogP contribution in [0.15, 0.2) is 53.7 Å². The van der Waals surface area contributed by atoms with Gasteiger partial charge in [-0.05, 0) is 62.5 Å². The highest BCUT2D eigenvalue weighted by atomic mass is 35.5. The molecule has 0 amide bonds. The van der Waals surface area contributed by atoms with Crippen molar-refractivity contribution in [2.24, 2.45) is 0 Å². The number of rotatable bonds is 6. The van der Waals surface area contributed by atoms with E-state index in [1.165, 1.54) is 19.2 Å². The Kier molecular flexibility index (Phi) is 5.76. The molecule has 1 aromatic carbocycles. The fourth-order valence-corrected chi connectivity index (χ4v) is 4.75. The molecule has 0 spiro atoms. The average molecular weight is 449 g/mol. The summed E-state index contributed by atoms with van der Waals surface area (Å²) in [6, 6.07) is 11.2. The number of benzene rings is 1. The highest BCUT2D eigenvalue weighted by Crippen LogP contribution is 2.26. The van der Waals surface area contributed by atoms with Gasteiger partial charge in [0.25, 0.3) is 5.56 Å². The van der Waals surface area contributed by atoms with Crippen LogP contribution >= 0.6 is 11.6 Å². The van der Waals surface area contributed by atoms with Crippen molar-refractivity contribution in [3.8, 4) is 0 Å². The molecule has 164 valence electrons. The van der Waals surface area contributed by atoms with Crippen molar-refractivity contribution in [2.45, 2.75) is 32.4 Å². The van der Waals surface area contributed by atoms with Gasteiger partial charge in [-0.3, -0.25) is 9.78 Å². The van der Waals surface area contributed by atoms with Gasteiger partial charge in [-0.1, -0.05) is 23.7 Å². The lowest BCUT2D eigenvalue weighted by Crippen LogP contribution is -2.32. The van der Waals surface area contributed by atoms with E-state index in [1.807, 2.05) is 35.8 Å². The van der Waals surface area contributed by atoms with Gasteiger partial charge < -0.3 is 14.8 Å². The molecule has 1 unspecified atom stereocenters. The number of nitrogens with zero attached hydrogens (tertiary/aromatic N) is 5. The Morgan fingerprint density at radius 2 is 1.94 bits per heavy atom. The van der Waals surface area contributed by atoms with Crippen LogP contribution in [0, 0.1) is 0 Å². The van der Waals surface area contributed by atoms with E-state index in [2.05, 4.69) is 31.2 Å². The number of anilines is 1. The van der Waals surface area contributed by atoms with Crippen molar-refractivity contribution in [2.75, 3.05) is 25.0 Å². The van der Waals surface area contributed by atoms with Crippen molar-refractivity contribution in [1.82, 2.24) is 24.4 Å². The molecular weight excluding hydrogens is 424 g/mol. The van der Waals surface area contributed by atoms with Crippen LogP contribution in [0.3, 0.4) is 0 Å². The molecule has 1 N–H and O–H groups in total. The zero-order valence-corrected chi connectivity index (χ0v) is 18.7. The average Bonchev–Trinajstić information content (AvgIpc) is 3.32. The third kappa shape index (κ3) is 3.94. The highest BCUT2D eigenvalue weighted by molar-refractivity contribution is 6.35. The van der Waals surface area contributed by atoms with Crippen molar-refractivity contribution >= 4 is 39.2 Å². The van der Waals surface area contributed by atoms with Gasteiger partial charge in [0, 0.05) is 25.0 Å². The number of hydrogen-bond donors (Lipinski definition) is 1. The van der Waals surface area contributed by atoms with E-state index in [9.17, 15) is 4.79 Å². The Morgan fingerprint density at radius 1 is 1.09 bits per heavy atom. The normalized spacial score (nSPS) is 15.4. The van der Waals surface area contributed by atoms with Gasteiger partial charge in [-0.25, -0.2) is 9.97 Å². The van der Waals surface area contributed by atoms with Gasteiger partial charge in [-0.2, -0.15) is 0 Å². The Bertz CT molecular complexity index is 1330. The zero-order chi connectivity index (χ0) is 22.1. The van der Waals surface area contributed by atoms with Crippen molar-refractivity contribution in [3.05, 3.63) is 70.0 Å². The fraction of sp³-hybridized carbons (Fsp3) is 0.333. The second-order valence-corrected chi connectivity index (χ2v) is 8.65. The van der Waals surface area contributed by atoms with Gasteiger partial charge >= 0.3 is 0 Å². The molecule has 0 radical (unpaired) electrons. The van der Waals surface area contributed by atoms with Crippen molar-refractivity contribution < 1.29 is 0 Å². The quantitative estimate of drug-likeness (QED) is 0.475. The minimum atomic E-state index is -0.176. The lowest BCUT2D eigenvalue weighted by atomic mass is 10.1. The molecule has 1 fully saturated rings. The summed E-state index contributed by atoms with van der Waals surface area (Å²) in [6.45, 7) is 5.67. The Morgan fingerprint density at radius 3 is 2.78 bits per heavy atom. The third-order valence-corrected chi connectivity index (χ3v) is 6.46. The van der Waals surface area contributed by atoms with E-state index in [4.69, 9.17) is 11.6 Å². The summed E-state index contributed by atoms with van der Waals surface area (Å²) in [5.41, 5.74) is 2.32. The fourth-order valence-electron chi connectivity index (χ4n) is 4.49. The van der Waals surface area contributed by atoms with E-state index in [1.54, 1.807) is 12.3 Å². The predicted molar refractivity (Wildman–Crippen MR) is 128 cm³/mol. The third-order valence-electron chi connectivity index (χ3n) is 6.15. The first-order chi connectivity index (χ1) is 15.6. The van der Waals surface area contributed by atoms with Crippen LogP contribution < -0.4 is 10.9 Å². The molecule has 7 nitrogen and oxygen atoms in total. The van der Waals surface area contributed by atoms with Crippen molar-refractivity contribution in [1.29, 1.82) is 0 Å². The number of hydrogen-bond acceptors (Lipinski definition) is 6. The lowest BCUT2D eigenvalue weighted by molar-refractivity contribution is 0.318. The molecule has 4 aromatic rings. The lowest BCUT2D eigenvalue weighted by Gasteiger charge is -2.23. The smallest absolute Gasteiger partial charge is 0.260 e. The van der Waals surface area contributed by atoms with Crippen LogP contribution in [0.4, 0.5) is 5.82 Å². The van der Waals surface area contributed by atoms with Crippen LogP contribution in [0.5, 0.6) is 0 Å². The first-order valence-electron chi connectivity index (χ1n) is 11.0. The summed E-state index contributed by atoms with van der Waals surface area (Å²) in [5.74, 6) is 0.646. The maximum Gasteiger partial charge on any atom is 0.260 e. The summed E-state index contributed by atoms with van der Waals surface area (Å²) < 4.78 is 1.86. The number of pyridine rings is 2. The van der Waals surface area contributed by atoms with E-state index in [0.717, 1.165) is 36.2 Å². The van der Waals surface area contributed by atoms with Crippen LogP contribution in [-0.4, -0.2) is 44.1 Å². The van der Waals surface area contributed by atoms with E-state index in [0.29, 0.717) is 28.3 Å². The molecule has 3 aromatic heterocycles. The molecule has 0 aliphatic carbocycles. The summed E-state index contributed by atoms with van der Waals surface area (Å²) >= 11 is 6.42. The Hall–Kier alpha value is -3.03. The second-order valence-electron chi connectivity index (χ2n) is 8.24. The highest BCUT2D eigenvalue weighted by Gasteiger charge is 2.19. The largest absolute Gasteiger partial charge is 0.360 e. The molecule has 8 heteroatoms. The van der Waals surface area contributed by atoms with Crippen LogP contribution in [0.1, 0.15) is 31.5 Å². The number of aromatic nitrogens is 4. The molecule has 5 rings (SSSR count). The van der Waals surface area contributed by atoms with Crippen molar-refractivity contribution in [3.63, 3.8) is 0 Å². The van der Waals surface area contributed by atoms with Gasteiger partial charge in [0.15, 0.2) is 5.82 Å². The van der Waals surface area contributed by atoms with Gasteiger partial charge in [0.1, 0.15) is 11.8 Å². The molecule has 1 aliphatic heterocycles. The Balaban J connectivity index is 1.56. The minimum Gasteiger partial charge on any atom is -0.360 e. The predicted octanol–water partition coefficient (Wildman–Crippen LogP) is 4.26. The van der Waals surface area contributed by atoms with E-state index >= 15 is 0 Å². The van der Waals surface area contributed by atoms with Crippen LogP contribution in [0.2, 0.25) is 5.02 Å². The molecule has 0 saturated carbocycles. The monoisotopic (exact) mass is 448 g/mol. The zero-order valence-electron chi connectivity index (χ0n) is 18.0.